The van der Waals surface area contributed by atoms with Gasteiger partial charge in [-0.25, -0.2) is 13.8 Å². The highest BCUT2D eigenvalue weighted by atomic mass is 19.1. The zero-order valence-electron chi connectivity index (χ0n) is 14.5. The van der Waals surface area contributed by atoms with Gasteiger partial charge in [0.2, 0.25) is 11.8 Å². The third-order valence-corrected chi connectivity index (χ3v) is 3.90. The molecule has 1 heterocycles. The lowest BCUT2D eigenvalue weighted by Crippen LogP contribution is -2.23. The lowest BCUT2D eigenvalue weighted by Gasteiger charge is -2.08. The maximum atomic E-state index is 13.5. The number of benzene rings is 2. The minimum atomic E-state index is -0.337. The number of halogens is 2. The maximum absolute atomic E-state index is 13.5. The van der Waals surface area contributed by atoms with Gasteiger partial charge in [-0.05, 0) is 47.9 Å². The zero-order chi connectivity index (χ0) is 19.1. The summed E-state index contributed by atoms with van der Waals surface area (Å²) in [5, 5.41) is 2.78. The molecule has 1 amide bonds. The van der Waals surface area contributed by atoms with E-state index in [9.17, 15) is 13.6 Å². The largest absolute Gasteiger partial charge is 0.439 e. The van der Waals surface area contributed by atoms with Crippen molar-refractivity contribution in [3.8, 4) is 11.6 Å². The number of amides is 1. The lowest BCUT2D eigenvalue weighted by molar-refractivity contribution is -0.121. The van der Waals surface area contributed by atoms with Crippen LogP contribution in [-0.2, 0) is 17.8 Å². The Labute approximate surface area is 155 Å². The van der Waals surface area contributed by atoms with Gasteiger partial charge >= 0.3 is 0 Å². The molecule has 3 rings (SSSR count). The second-order valence-electron chi connectivity index (χ2n) is 5.93. The van der Waals surface area contributed by atoms with Crippen molar-refractivity contribution in [3.63, 3.8) is 0 Å². The quantitative estimate of drug-likeness (QED) is 0.672. The van der Waals surface area contributed by atoms with Crippen LogP contribution < -0.4 is 10.1 Å². The van der Waals surface area contributed by atoms with Crippen LogP contribution in [0.2, 0.25) is 0 Å². The molecule has 27 heavy (non-hydrogen) atoms. The standard InChI is InChI=1S/C21H18F2N2O2/c22-17-7-9-18(10-8-17)27-21-12-5-15(14-25-21)13-24-20(26)11-6-16-3-1-2-4-19(16)23/h1-5,7-10,12,14H,6,11,13H2,(H,24,26). The van der Waals surface area contributed by atoms with E-state index in [1.54, 1.807) is 36.5 Å². The van der Waals surface area contributed by atoms with E-state index < -0.39 is 0 Å². The smallest absolute Gasteiger partial charge is 0.220 e. The summed E-state index contributed by atoms with van der Waals surface area (Å²) >= 11 is 0. The topological polar surface area (TPSA) is 51.2 Å². The van der Waals surface area contributed by atoms with Gasteiger partial charge in [0.1, 0.15) is 17.4 Å². The fraction of sp³-hybridized carbons (Fsp3) is 0.143. The Morgan fingerprint density at radius 1 is 1.00 bits per heavy atom. The van der Waals surface area contributed by atoms with E-state index >= 15 is 0 Å². The van der Waals surface area contributed by atoms with E-state index in [1.807, 2.05) is 0 Å². The van der Waals surface area contributed by atoms with Gasteiger partial charge in [0.05, 0.1) is 0 Å². The van der Waals surface area contributed by atoms with Crippen molar-refractivity contribution < 1.29 is 18.3 Å². The molecule has 0 spiro atoms. The minimum absolute atomic E-state index is 0.162. The third kappa shape index (κ3) is 5.60. The van der Waals surface area contributed by atoms with Gasteiger partial charge in [-0.2, -0.15) is 0 Å². The summed E-state index contributed by atoms with van der Waals surface area (Å²) in [6.07, 6.45) is 2.15. The number of pyridine rings is 1. The number of rotatable bonds is 7. The second-order valence-corrected chi connectivity index (χ2v) is 5.93. The zero-order valence-corrected chi connectivity index (χ0v) is 14.5. The number of ether oxygens (including phenoxy) is 1. The predicted octanol–water partition coefficient (Wildman–Crippen LogP) is 4.40. The first-order valence-electron chi connectivity index (χ1n) is 8.48. The molecule has 0 radical (unpaired) electrons. The third-order valence-electron chi connectivity index (χ3n) is 3.90. The first-order chi connectivity index (χ1) is 13.1. The molecular formula is C21H18F2N2O2. The van der Waals surface area contributed by atoms with E-state index in [0.717, 1.165) is 5.56 Å². The molecule has 0 aliphatic heterocycles. The van der Waals surface area contributed by atoms with E-state index in [1.165, 1.54) is 30.3 Å². The molecule has 1 aromatic heterocycles. The van der Waals surface area contributed by atoms with Crippen LogP contribution in [0, 0.1) is 11.6 Å². The van der Waals surface area contributed by atoms with E-state index in [-0.39, 0.29) is 24.0 Å². The number of aryl methyl sites for hydroxylation is 1. The van der Waals surface area contributed by atoms with Gasteiger partial charge in [-0.1, -0.05) is 24.3 Å². The molecule has 0 unspecified atom stereocenters. The molecule has 0 atom stereocenters. The normalized spacial score (nSPS) is 10.4. The Morgan fingerprint density at radius 3 is 2.48 bits per heavy atom. The Hall–Kier alpha value is -3.28. The molecule has 2 aromatic carbocycles. The summed E-state index contributed by atoms with van der Waals surface area (Å²) in [5.41, 5.74) is 1.33. The number of hydrogen-bond donors (Lipinski definition) is 1. The molecule has 138 valence electrons. The first-order valence-corrected chi connectivity index (χ1v) is 8.48. The van der Waals surface area contributed by atoms with Crippen LogP contribution in [0.25, 0.3) is 0 Å². The van der Waals surface area contributed by atoms with Crippen LogP contribution in [0.3, 0.4) is 0 Å². The van der Waals surface area contributed by atoms with Crippen molar-refractivity contribution >= 4 is 5.91 Å². The number of aromatic nitrogens is 1. The molecule has 0 bridgehead atoms. The lowest BCUT2D eigenvalue weighted by atomic mass is 10.1. The van der Waals surface area contributed by atoms with E-state index in [2.05, 4.69) is 10.3 Å². The summed E-state index contributed by atoms with van der Waals surface area (Å²) in [6, 6.07) is 15.5. The SMILES string of the molecule is O=C(CCc1ccccc1F)NCc1ccc(Oc2ccc(F)cc2)nc1. The average molecular weight is 368 g/mol. The Kier molecular flexibility index (Phi) is 6.10. The van der Waals surface area contributed by atoms with Crippen LogP contribution in [0.15, 0.2) is 66.9 Å². The Morgan fingerprint density at radius 2 is 1.78 bits per heavy atom. The monoisotopic (exact) mass is 368 g/mol. The maximum Gasteiger partial charge on any atom is 0.220 e. The molecule has 1 N–H and O–H groups in total. The van der Waals surface area contributed by atoms with Gasteiger partial charge in [-0.3, -0.25) is 4.79 Å². The summed E-state index contributed by atoms with van der Waals surface area (Å²) in [7, 11) is 0. The number of hydrogen-bond acceptors (Lipinski definition) is 3. The molecule has 0 aliphatic rings. The molecule has 0 aliphatic carbocycles. The van der Waals surface area contributed by atoms with Crippen LogP contribution in [0.5, 0.6) is 11.6 Å². The van der Waals surface area contributed by atoms with Gasteiger partial charge in [-0.15, -0.1) is 0 Å². The first kappa shape index (κ1) is 18.5. The Balaban J connectivity index is 1.46. The van der Waals surface area contributed by atoms with E-state index in [0.29, 0.717) is 30.2 Å². The molecule has 0 saturated carbocycles. The number of carbonyl (C=O) groups excluding carboxylic acids is 1. The number of nitrogens with zero attached hydrogens (tertiary/aromatic N) is 1. The van der Waals surface area contributed by atoms with Crippen molar-refractivity contribution in [1.82, 2.24) is 10.3 Å². The average Bonchev–Trinajstić information content (AvgIpc) is 2.68. The fourth-order valence-corrected chi connectivity index (χ4v) is 2.44. The highest BCUT2D eigenvalue weighted by Gasteiger charge is 2.06. The molecule has 6 heteroatoms. The van der Waals surface area contributed by atoms with Crippen LogP contribution in [0.4, 0.5) is 8.78 Å². The fourth-order valence-electron chi connectivity index (χ4n) is 2.44. The predicted molar refractivity (Wildman–Crippen MR) is 97.3 cm³/mol. The van der Waals surface area contributed by atoms with Crippen molar-refractivity contribution in [3.05, 3.63) is 89.6 Å². The van der Waals surface area contributed by atoms with Crippen molar-refractivity contribution in [2.45, 2.75) is 19.4 Å². The number of carbonyl (C=O) groups is 1. The minimum Gasteiger partial charge on any atom is -0.439 e. The highest BCUT2D eigenvalue weighted by Crippen LogP contribution is 2.19. The Bertz CT molecular complexity index is 897. The summed E-state index contributed by atoms with van der Waals surface area (Å²) in [5.74, 6) is 0.0573. The van der Waals surface area contributed by atoms with Gasteiger partial charge < -0.3 is 10.1 Å². The van der Waals surface area contributed by atoms with Gasteiger partial charge in [0.25, 0.3) is 0 Å². The molecule has 3 aromatic rings. The number of nitrogens with one attached hydrogen (secondary N) is 1. The highest BCUT2D eigenvalue weighted by molar-refractivity contribution is 5.76. The van der Waals surface area contributed by atoms with Crippen molar-refractivity contribution in [2.75, 3.05) is 0 Å². The van der Waals surface area contributed by atoms with Crippen molar-refractivity contribution in [1.29, 1.82) is 0 Å². The molecule has 0 saturated heterocycles. The summed E-state index contributed by atoms with van der Waals surface area (Å²) < 4.78 is 31.9. The molecule has 4 nitrogen and oxygen atoms in total. The second kappa shape index (κ2) is 8.89. The molecular weight excluding hydrogens is 350 g/mol. The molecule has 0 fully saturated rings. The van der Waals surface area contributed by atoms with E-state index in [4.69, 9.17) is 4.74 Å². The summed E-state index contributed by atoms with van der Waals surface area (Å²) in [4.78, 5) is 16.1. The van der Waals surface area contributed by atoms with Crippen LogP contribution in [-0.4, -0.2) is 10.9 Å². The van der Waals surface area contributed by atoms with Crippen LogP contribution in [0.1, 0.15) is 17.5 Å². The van der Waals surface area contributed by atoms with Crippen molar-refractivity contribution in [2.24, 2.45) is 0 Å². The van der Waals surface area contributed by atoms with Gasteiger partial charge in [0.15, 0.2) is 0 Å². The summed E-state index contributed by atoms with van der Waals surface area (Å²) in [6.45, 7) is 0.319. The van der Waals surface area contributed by atoms with Gasteiger partial charge in [0, 0.05) is 25.2 Å². The van der Waals surface area contributed by atoms with Crippen LogP contribution >= 0.6 is 0 Å².